The molecule has 2 heterocycles. The van der Waals surface area contributed by atoms with E-state index in [-0.39, 0.29) is 11.5 Å². The van der Waals surface area contributed by atoms with Gasteiger partial charge in [0.1, 0.15) is 4.83 Å². The maximum Gasteiger partial charge on any atom is 0.262 e. The summed E-state index contributed by atoms with van der Waals surface area (Å²) in [5, 5.41) is 10.4. The van der Waals surface area contributed by atoms with E-state index in [1.54, 1.807) is 23.0 Å². The Morgan fingerprint density at radius 1 is 1.48 bits per heavy atom. The largest absolute Gasteiger partial charge is 0.290 e. The molecule has 6 heteroatoms. The zero-order valence-corrected chi connectivity index (χ0v) is 13.8. The van der Waals surface area contributed by atoms with Crippen LogP contribution in [0.2, 0.25) is 0 Å². The van der Waals surface area contributed by atoms with E-state index >= 15 is 0 Å². The van der Waals surface area contributed by atoms with Gasteiger partial charge in [0.05, 0.1) is 17.4 Å². The van der Waals surface area contributed by atoms with Crippen LogP contribution in [0.15, 0.2) is 9.95 Å². The third kappa shape index (κ3) is 2.60. The van der Waals surface area contributed by atoms with Gasteiger partial charge in [-0.05, 0) is 38.2 Å². The second-order valence-corrected chi connectivity index (χ2v) is 7.56. The summed E-state index contributed by atoms with van der Waals surface area (Å²) >= 11 is 3.16. The number of hydrogen-bond donors (Lipinski definition) is 0. The lowest BCUT2D eigenvalue weighted by molar-refractivity contribution is 0.695. The van der Waals surface area contributed by atoms with Gasteiger partial charge in [-0.25, -0.2) is 4.98 Å². The summed E-state index contributed by atoms with van der Waals surface area (Å²) in [5.74, 6) is 0.618. The summed E-state index contributed by atoms with van der Waals surface area (Å²) in [4.78, 5) is 19.5. The van der Waals surface area contributed by atoms with Crippen LogP contribution < -0.4 is 5.56 Å². The van der Waals surface area contributed by atoms with Gasteiger partial charge in [-0.15, -0.1) is 11.3 Å². The van der Waals surface area contributed by atoms with Crippen LogP contribution in [0.4, 0.5) is 0 Å². The van der Waals surface area contributed by atoms with Crippen molar-refractivity contribution in [3.05, 3.63) is 20.8 Å². The van der Waals surface area contributed by atoms with Crippen LogP contribution in [0.3, 0.4) is 0 Å². The highest BCUT2D eigenvalue weighted by atomic mass is 32.2. The number of hydrogen-bond acceptors (Lipinski definition) is 5. The molecule has 2 aromatic heterocycles. The SMILES string of the molecule is C[C@H](C#N)CSc1nc2sc3c(c2c(=O)n1C)CCCC3. The van der Waals surface area contributed by atoms with E-state index in [0.29, 0.717) is 10.9 Å². The molecular formula is C15H17N3OS2. The van der Waals surface area contributed by atoms with E-state index in [9.17, 15) is 4.79 Å². The Balaban J connectivity index is 2.07. The minimum atomic E-state index is -0.0425. The minimum absolute atomic E-state index is 0.0425. The maximum absolute atomic E-state index is 12.6. The molecule has 3 rings (SSSR count). The number of aryl methyl sites for hydroxylation is 2. The molecule has 1 aliphatic rings. The molecule has 0 aromatic carbocycles. The van der Waals surface area contributed by atoms with Gasteiger partial charge in [0, 0.05) is 17.7 Å². The third-order valence-corrected chi connectivity index (χ3v) is 6.31. The molecule has 4 nitrogen and oxygen atoms in total. The molecule has 110 valence electrons. The van der Waals surface area contributed by atoms with Crippen LogP contribution in [0.5, 0.6) is 0 Å². The molecule has 0 fully saturated rings. The topological polar surface area (TPSA) is 58.7 Å². The van der Waals surface area contributed by atoms with Gasteiger partial charge < -0.3 is 0 Å². The van der Waals surface area contributed by atoms with Gasteiger partial charge >= 0.3 is 0 Å². The second-order valence-electron chi connectivity index (χ2n) is 5.49. The minimum Gasteiger partial charge on any atom is -0.290 e. The fourth-order valence-corrected chi connectivity index (χ4v) is 4.85. The highest BCUT2D eigenvalue weighted by molar-refractivity contribution is 7.99. The molecule has 1 aliphatic carbocycles. The summed E-state index contributed by atoms with van der Waals surface area (Å²) in [5.41, 5.74) is 1.29. The molecule has 0 amide bonds. The Hall–Kier alpha value is -1.32. The van der Waals surface area contributed by atoms with E-state index in [2.05, 4.69) is 11.1 Å². The molecular weight excluding hydrogens is 302 g/mol. The standard InChI is InChI=1S/C15H17N3OS2/c1-9(7-16)8-20-15-17-13-12(14(19)18(15)2)10-5-3-4-6-11(10)21-13/h9H,3-6,8H2,1-2H3/t9-/m1/s1. The summed E-state index contributed by atoms with van der Waals surface area (Å²) < 4.78 is 1.64. The van der Waals surface area contributed by atoms with Crippen molar-refractivity contribution in [2.24, 2.45) is 13.0 Å². The van der Waals surface area contributed by atoms with Crippen molar-refractivity contribution in [1.82, 2.24) is 9.55 Å². The Bertz CT molecular complexity index is 785. The van der Waals surface area contributed by atoms with Gasteiger partial charge in [-0.2, -0.15) is 5.26 Å². The first-order valence-electron chi connectivity index (χ1n) is 7.15. The lowest BCUT2D eigenvalue weighted by atomic mass is 9.97. The lowest BCUT2D eigenvalue weighted by Gasteiger charge is -2.11. The van der Waals surface area contributed by atoms with E-state index in [1.807, 2.05) is 6.92 Å². The molecule has 0 bridgehead atoms. The predicted molar refractivity (Wildman–Crippen MR) is 87.0 cm³/mol. The van der Waals surface area contributed by atoms with Crippen LogP contribution in [0.25, 0.3) is 10.2 Å². The van der Waals surface area contributed by atoms with E-state index in [4.69, 9.17) is 5.26 Å². The zero-order chi connectivity index (χ0) is 15.0. The number of thiophene rings is 1. The molecule has 2 aromatic rings. The van der Waals surface area contributed by atoms with Crippen LogP contribution in [0, 0.1) is 17.2 Å². The number of aromatic nitrogens is 2. The Labute approximate surface area is 131 Å². The Kier molecular flexibility index (Phi) is 4.05. The number of thioether (sulfide) groups is 1. The van der Waals surface area contributed by atoms with Gasteiger partial charge in [0.2, 0.25) is 0 Å². The smallest absolute Gasteiger partial charge is 0.262 e. The average molecular weight is 319 g/mol. The molecule has 1 atom stereocenters. The van der Waals surface area contributed by atoms with Gasteiger partial charge in [-0.3, -0.25) is 9.36 Å². The van der Waals surface area contributed by atoms with Crippen LogP contribution in [0.1, 0.15) is 30.2 Å². The summed E-state index contributed by atoms with van der Waals surface area (Å²) in [6, 6.07) is 2.21. The van der Waals surface area contributed by atoms with Crippen LogP contribution in [-0.4, -0.2) is 15.3 Å². The molecule has 0 unspecified atom stereocenters. The van der Waals surface area contributed by atoms with Crippen LogP contribution in [-0.2, 0) is 19.9 Å². The van der Waals surface area contributed by atoms with Gasteiger partial charge in [-0.1, -0.05) is 11.8 Å². The molecule has 0 saturated heterocycles. The number of nitrogens with zero attached hydrogens (tertiary/aromatic N) is 3. The Morgan fingerprint density at radius 3 is 3.00 bits per heavy atom. The van der Waals surface area contributed by atoms with Crippen molar-refractivity contribution >= 4 is 33.3 Å². The van der Waals surface area contributed by atoms with Crippen molar-refractivity contribution in [3.8, 4) is 6.07 Å². The number of nitriles is 1. The van der Waals surface area contributed by atoms with Crippen LogP contribution >= 0.6 is 23.1 Å². The number of fused-ring (bicyclic) bond motifs is 3. The quantitative estimate of drug-likeness (QED) is 0.644. The van der Waals surface area contributed by atoms with Gasteiger partial charge in [0.15, 0.2) is 5.16 Å². The normalized spacial score (nSPS) is 15.7. The second kappa shape index (κ2) is 5.82. The summed E-state index contributed by atoms with van der Waals surface area (Å²) in [7, 11) is 1.78. The molecule has 0 aliphatic heterocycles. The highest BCUT2D eigenvalue weighted by Crippen LogP contribution is 2.34. The summed E-state index contributed by atoms with van der Waals surface area (Å²) in [6.07, 6.45) is 4.46. The molecule has 0 saturated carbocycles. The molecule has 21 heavy (non-hydrogen) atoms. The zero-order valence-electron chi connectivity index (χ0n) is 12.2. The van der Waals surface area contributed by atoms with Gasteiger partial charge in [0.25, 0.3) is 5.56 Å². The fourth-order valence-electron chi connectivity index (χ4n) is 2.63. The first-order valence-corrected chi connectivity index (χ1v) is 8.95. The fraction of sp³-hybridized carbons (Fsp3) is 0.533. The predicted octanol–water partition coefficient (Wildman–Crippen LogP) is 3.13. The van der Waals surface area contributed by atoms with E-state index in [1.165, 1.54) is 28.6 Å². The molecule has 0 N–H and O–H groups in total. The first kappa shape index (κ1) is 14.6. The van der Waals surface area contributed by atoms with Crippen molar-refractivity contribution in [3.63, 3.8) is 0 Å². The highest BCUT2D eigenvalue weighted by Gasteiger charge is 2.21. The molecule has 0 spiro atoms. The van der Waals surface area contributed by atoms with E-state index < -0.39 is 0 Å². The molecule has 0 radical (unpaired) electrons. The first-order chi connectivity index (χ1) is 10.1. The average Bonchev–Trinajstić information content (AvgIpc) is 2.87. The van der Waals surface area contributed by atoms with Crippen molar-refractivity contribution < 1.29 is 0 Å². The van der Waals surface area contributed by atoms with Crippen molar-refractivity contribution in [2.75, 3.05) is 5.75 Å². The monoisotopic (exact) mass is 319 g/mol. The van der Waals surface area contributed by atoms with Crippen molar-refractivity contribution in [1.29, 1.82) is 5.26 Å². The lowest BCUT2D eigenvalue weighted by Crippen LogP contribution is -2.20. The number of rotatable bonds is 3. The van der Waals surface area contributed by atoms with Crippen molar-refractivity contribution in [2.45, 2.75) is 37.8 Å². The third-order valence-electron chi connectivity index (χ3n) is 3.84. The van der Waals surface area contributed by atoms with E-state index in [0.717, 1.165) is 29.5 Å². The summed E-state index contributed by atoms with van der Waals surface area (Å²) in [6.45, 7) is 1.88. The maximum atomic E-state index is 12.6. The Morgan fingerprint density at radius 2 is 2.24 bits per heavy atom.